The van der Waals surface area contributed by atoms with Crippen LogP contribution in [0.2, 0.25) is 0 Å². The van der Waals surface area contributed by atoms with Crippen LogP contribution in [0.15, 0.2) is 42.5 Å². The topological polar surface area (TPSA) is 72.2 Å². The minimum Gasteiger partial charge on any atom is -0.326 e. The number of amides is 1. The lowest BCUT2D eigenvalue weighted by Gasteiger charge is -2.07. The quantitative estimate of drug-likeness (QED) is 0.487. The van der Waals surface area contributed by atoms with Gasteiger partial charge in [-0.2, -0.15) is 0 Å². The first kappa shape index (κ1) is 15.4. The number of benzene rings is 2. The lowest BCUT2D eigenvalue weighted by Crippen LogP contribution is -2.14. The smallest absolute Gasteiger partial charge is 0.269 e. The van der Waals surface area contributed by atoms with E-state index in [1.807, 2.05) is 25.1 Å². The van der Waals surface area contributed by atoms with Crippen LogP contribution in [0.3, 0.4) is 0 Å². The second-order valence-electron chi connectivity index (χ2n) is 4.61. The van der Waals surface area contributed by atoms with Crippen molar-refractivity contribution in [2.24, 2.45) is 0 Å². The third kappa shape index (κ3) is 4.25. The van der Waals surface area contributed by atoms with E-state index in [9.17, 15) is 14.9 Å². The number of halogens is 1. The normalized spacial score (nSPS) is 10.2. The van der Waals surface area contributed by atoms with Crippen molar-refractivity contribution < 1.29 is 9.72 Å². The van der Waals surface area contributed by atoms with Gasteiger partial charge in [0.25, 0.3) is 5.69 Å². The predicted molar refractivity (Wildman–Crippen MR) is 89.3 cm³/mol. The maximum atomic E-state index is 11.9. The number of nitro groups is 1. The molecule has 0 aliphatic carbocycles. The van der Waals surface area contributed by atoms with Crippen LogP contribution in [0.4, 0.5) is 11.4 Å². The molecule has 21 heavy (non-hydrogen) atoms. The minimum absolute atomic E-state index is 0.0206. The summed E-state index contributed by atoms with van der Waals surface area (Å²) in [5.74, 6) is -0.150. The molecule has 2 aromatic rings. The first-order valence-electron chi connectivity index (χ1n) is 6.25. The van der Waals surface area contributed by atoms with Crippen LogP contribution in [0, 0.1) is 20.6 Å². The molecule has 5 nitrogen and oxygen atoms in total. The van der Waals surface area contributed by atoms with E-state index in [1.54, 1.807) is 12.1 Å². The van der Waals surface area contributed by atoms with E-state index in [0.717, 1.165) is 20.4 Å². The van der Waals surface area contributed by atoms with Crippen molar-refractivity contribution >= 4 is 39.9 Å². The van der Waals surface area contributed by atoms with Crippen molar-refractivity contribution in [1.29, 1.82) is 0 Å². The largest absolute Gasteiger partial charge is 0.326 e. The summed E-state index contributed by atoms with van der Waals surface area (Å²) >= 11 is 2.21. The lowest BCUT2D eigenvalue weighted by atomic mass is 10.1. The number of hydrogen-bond acceptors (Lipinski definition) is 3. The zero-order chi connectivity index (χ0) is 15.4. The van der Waals surface area contributed by atoms with Gasteiger partial charge in [-0.15, -0.1) is 0 Å². The summed E-state index contributed by atoms with van der Waals surface area (Å²) in [6.07, 6.45) is 0.183. The lowest BCUT2D eigenvalue weighted by molar-refractivity contribution is -0.384. The van der Waals surface area contributed by atoms with E-state index in [-0.39, 0.29) is 18.0 Å². The zero-order valence-corrected chi connectivity index (χ0v) is 13.5. The number of non-ortho nitro benzene ring substituents is 1. The molecular weight excluding hydrogens is 383 g/mol. The Morgan fingerprint density at radius 3 is 2.48 bits per heavy atom. The molecule has 108 valence electrons. The molecule has 1 N–H and O–H groups in total. The molecule has 0 bridgehead atoms. The molecule has 0 atom stereocenters. The number of carbonyl (C=O) groups is 1. The highest BCUT2D eigenvalue weighted by molar-refractivity contribution is 14.1. The summed E-state index contributed by atoms with van der Waals surface area (Å²) in [5.41, 5.74) is 2.66. The Bertz CT molecular complexity index is 684. The highest BCUT2D eigenvalue weighted by atomic mass is 127. The summed E-state index contributed by atoms with van der Waals surface area (Å²) < 4.78 is 1.08. The fourth-order valence-corrected chi connectivity index (χ4v) is 2.31. The van der Waals surface area contributed by atoms with Crippen LogP contribution < -0.4 is 5.32 Å². The second kappa shape index (κ2) is 6.66. The Morgan fingerprint density at radius 1 is 1.24 bits per heavy atom. The molecule has 0 heterocycles. The van der Waals surface area contributed by atoms with Crippen LogP contribution in [0.5, 0.6) is 0 Å². The third-order valence-electron chi connectivity index (χ3n) is 2.97. The number of carbonyl (C=O) groups excluding carboxylic acids is 1. The molecular formula is C15H13IN2O3. The molecule has 0 aliphatic rings. The van der Waals surface area contributed by atoms with Gasteiger partial charge in [0, 0.05) is 21.4 Å². The van der Waals surface area contributed by atoms with Gasteiger partial charge in [0.1, 0.15) is 0 Å². The monoisotopic (exact) mass is 396 g/mol. The standard InChI is InChI=1S/C15H13IN2O3/c1-10-2-5-12(9-14(10)16)17-15(19)8-11-3-6-13(7-4-11)18(20)21/h2-7,9H,8H2,1H3,(H,17,19). The number of hydrogen-bond donors (Lipinski definition) is 1. The van der Waals surface area contributed by atoms with Gasteiger partial charge in [0.15, 0.2) is 0 Å². The van der Waals surface area contributed by atoms with Gasteiger partial charge in [0.05, 0.1) is 11.3 Å². The molecule has 0 saturated carbocycles. The predicted octanol–water partition coefficient (Wildman–Crippen LogP) is 3.69. The maximum absolute atomic E-state index is 11.9. The van der Waals surface area contributed by atoms with Crippen molar-refractivity contribution in [3.8, 4) is 0 Å². The average Bonchev–Trinajstić information content (AvgIpc) is 2.43. The minimum atomic E-state index is -0.460. The van der Waals surface area contributed by atoms with Gasteiger partial charge >= 0.3 is 0 Å². The van der Waals surface area contributed by atoms with Crippen molar-refractivity contribution in [3.05, 3.63) is 67.3 Å². The van der Waals surface area contributed by atoms with Crippen molar-refractivity contribution in [1.82, 2.24) is 0 Å². The molecule has 0 unspecified atom stereocenters. The molecule has 0 fully saturated rings. The number of aryl methyl sites for hydroxylation is 1. The third-order valence-corrected chi connectivity index (χ3v) is 4.13. The van der Waals surface area contributed by atoms with Crippen LogP contribution in [0.1, 0.15) is 11.1 Å². The van der Waals surface area contributed by atoms with Gasteiger partial charge in [-0.1, -0.05) is 18.2 Å². The van der Waals surface area contributed by atoms with Gasteiger partial charge in [-0.3, -0.25) is 14.9 Å². The highest BCUT2D eigenvalue weighted by Gasteiger charge is 2.08. The summed E-state index contributed by atoms with van der Waals surface area (Å²) in [4.78, 5) is 22.0. The molecule has 0 spiro atoms. The molecule has 0 aromatic heterocycles. The molecule has 2 aromatic carbocycles. The molecule has 0 radical (unpaired) electrons. The van der Waals surface area contributed by atoms with Crippen LogP contribution >= 0.6 is 22.6 Å². The fourth-order valence-electron chi connectivity index (χ4n) is 1.80. The van der Waals surface area contributed by atoms with E-state index in [0.29, 0.717) is 0 Å². The van der Waals surface area contributed by atoms with Gasteiger partial charge < -0.3 is 5.32 Å². The zero-order valence-electron chi connectivity index (χ0n) is 11.3. The van der Waals surface area contributed by atoms with Crippen molar-refractivity contribution in [2.75, 3.05) is 5.32 Å². The summed E-state index contributed by atoms with van der Waals surface area (Å²) in [5, 5.41) is 13.4. The van der Waals surface area contributed by atoms with Gasteiger partial charge in [-0.25, -0.2) is 0 Å². The summed E-state index contributed by atoms with van der Waals surface area (Å²) in [7, 11) is 0. The van der Waals surface area contributed by atoms with Gasteiger partial charge in [0.2, 0.25) is 5.91 Å². The number of nitrogens with one attached hydrogen (secondary N) is 1. The second-order valence-corrected chi connectivity index (χ2v) is 5.77. The Balaban J connectivity index is 2.01. The summed E-state index contributed by atoms with van der Waals surface area (Å²) in [6, 6.07) is 11.7. The van der Waals surface area contributed by atoms with Gasteiger partial charge in [-0.05, 0) is 52.8 Å². The van der Waals surface area contributed by atoms with E-state index in [2.05, 4.69) is 27.9 Å². The molecule has 1 amide bonds. The maximum Gasteiger partial charge on any atom is 0.269 e. The Hall–Kier alpha value is -1.96. The van der Waals surface area contributed by atoms with Crippen molar-refractivity contribution in [3.63, 3.8) is 0 Å². The summed E-state index contributed by atoms with van der Waals surface area (Å²) in [6.45, 7) is 2.00. The average molecular weight is 396 g/mol. The van der Waals surface area contributed by atoms with Crippen LogP contribution in [-0.2, 0) is 11.2 Å². The fraction of sp³-hybridized carbons (Fsp3) is 0.133. The Kier molecular flexibility index (Phi) is 4.89. The number of rotatable bonds is 4. The molecule has 0 aliphatic heterocycles. The van der Waals surface area contributed by atoms with E-state index < -0.39 is 4.92 Å². The molecule has 6 heteroatoms. The highest BCUT2D eigenvalue weighted by Crippen LogP contribution is 2.18. The SMILES string of the molecule is Cc1ccc(NC(=O)Cc2ccc([N+](=O)[O-])cc2)cc1I. The molecule has 2 rings (SSSR count). The Labute approximate surface area is 135 Å². The van der Waals surface area contributed by atoms with E-state index >= 15 is 0 Å². The number of nitro benzene ring substituents is 1. The Morgan fingerprint density at radius 2 is 1.90 bits per heavy atom. The first-order valence-corrected chi connectivity index (χ1v) is 7.33. The number of nitrogens with zero attached hydrogens (tertiary/aromatic N) is 1. The first-order chi connectivity index (χ1) is 9.95. The molecule has 0 saturated heterocycles. The van der Waals surface area contributed by atoms with Crippen LogP contribution in [0.25, 0.3) is 0 Å². The van der Waals surface area contributed by atoms with E-state index in [1.165, 1.54) is 12.1 Å². The van der Waals surface area contributed by atoms with Crippen LogP contribution in [-0.4, -0.2) is 10.8 Å². The number of anilines is 1. The van der Waals surface area contributed by atoms with Crippen molar-refractivity contribution in [2.45, 2.75) is 13.3 Å². The van der Waals surface area contributed by atoms with E-state index in [4.69, 9.17) is 0 Å².